The van der Waals surface area contributed by atoms with Gasteiger partial charge in [-0.2, -0.15) is 0 Å². The molecule has 4 rings (SSSR count). The van der Waals surface area contributed by atoms with Gasteiger partial charge in [-0.25, -0.2) is 4.98 Å². The highest BCUT2D eigenvalue weighted by atomic mass is 35.5. The normalized spacial score (nSPS) is 12.1. The molecule has 0 saturated heterocycles. The fraction of sp³-hybridized carbons (Fsp3) is 0.0870. The van der Waals surface area contributed by atoms with Crippen LogP contribution in [-0.4, -0.2) is 22.8 Å². The van der Waals surface area contributed by atoms with Gasteiger partial charge in [0.25, 0.3) is 5.91 Å². The van der Waals surface area contributed by atoms with Crippen molar-refractivity contribution < 1.29 is 9.59 Å². The maximum absolute atomic E-state index is 13.3. The first-order valence-corrected chi connectivity index (χ1v) is 10.0. The molecule has 0 spiro atoms. The number of carbonyl (C=O) groups excluding carboxylic acids is 2. The van der Waals surface area contributed by atoms with E-state index in [4.69, 9.17) is 28.9 Å². The molecule has 0 radical (unpaired) electrons. The summed E-state index contributed by atoms with van der Waals surface area (Å²) in [6.45, 7) is 0. The molecule has 7 heteroatoms. The fourth-order valence-corrected chi connectivity index (χ4v) is 3.93. The minimum absolute atomic E-state index is 0.151. The molecule has 150 valence electrons. The van der Waals surface area contributed by atoms with Gasteiger partial charge in [0.15, 0.2) is 0 Å². The lowest BCUT2D eigenvalue weighted by atomic mass is 10.0. The highest BCUT2D eigenvalue weighted by Crippen LogP contribution is 2.26. The average Bonchev–Trinajstić information content (AvgIpc) is 2.73. The molecule has 4 aromatic rings. The Morgan fingerprint density at radius 3 is 2.10 bits per heavy atom. The molecule has 0 aliphatic carbocycles. The molecule has 3 N–H and O–H groups in total. The van der Waals surface area contributed by atoms with Gasteiger partial charge in [0, 0.05) is 27.2 Å². The second kappa shape index (κ2) is 8.30. The Kier molecular flexibility index (Phi) is 5.57. The molecular weight excluding hydrogens is 421 g/mol. The molecule has 3 aromatic carbocycles. The summed E-state index contributed by atoms with van der Waals surface area (Å²) in [4.78, 5) is 30.0. The van der Waals surface area contributed by atoms with Gasteiger partial charge >= 0.3 is 0 Å². The monoisotopic (exact) mass is 437 g/mol. The molecule has 5 nitrogen and oxygen atoms in total. The third kappa shape index (κ3) is 3.95. The first-order valence-electron chi connectivity index (χ1n) is 9.25. The highest BCUT2D eigenvalue weighted by Gasteiger charge is 2.23. The summed E-state index contributed by atoms with van der Waals surface area (Å²) in [7, 11) is 0. The number of amides is 2. The zero-order chi connectivity index (χ0) is 21.3. The molecule has 30 heavy (non-hydrogen) atoms. The number of rotatable bonds is 5. The number of nitrogens with two attached hydrogens (primary N) is 1. The van der Waals surface area contributed by atoms with E-state index in [1.54, 1.807) is 18.2 Å². The largest absolute Gasteiger partial charge is 0.368 e. The Morgan fingerprint density at radius 2 is 1.53 bits per heavy atom. The van der Waals surface area contributed by atoms with Gasteiger partial charge in [0.05, 0.1) is 16.6 Å². The summed E-state index contributed by atoms with van der Waals surface area (Å²) in [5, 5.41) is 5.06. The van der Waals surface area contributed by atoms with E-state index < -0.39 is 17.9 Å². The van der Waals surface area contributed by atoms with E-state index in [1.807, 2.05) is 48.5 Å². The second-order valence-electron chi connectivity index (χ2n) is 6.89. The average molecular weight is 438 g/mol. The van der Waals surface area contributed by atoms with Crippen molar-refractivity contribution in [2.45, 2.75) is 12.5 Å². The van der Waals surface area contributed by atoms with E-state index in [9.17, 15) is 9.59 Å². The Balaban J connectivity index is 1.74. The Hall–Kier alpha value is -3.15. The number of carbonyl (C=O) groups is 2. The van der Waals surface area contributed by atoms with Gasteiger partial charge in [-0.3, -0.25) is 9.59 Å². The topological polar surface area (TPSA) is 85.1 Å². The molecule has 1 heterocycles. The summed E-state index contributed by atoms with van der Waals surface area (Å²) < 4.78 is 0. The SMILES string of the molecule is NC(=O)[C@H](Cc1ccc(Cl)cc1Cl)NC(=O)c1c2ccccc2nc2ccccc12. The lowest BCUT2D eigenvalue weighted by Crippen LogP contribution is -2.46. The van der Waals surface area contributed by atoms with Gasteiger partial charge < -0.3 is 11.1 Å². The van der Waals surface area contributed by atoms with Crippen molar-refractivity contribution in [3.63, 3.8) is 0 Å². The summed E-state index contributed by atoms with van der Waals surface area (Å²) >= 11 is 12.2. The number of nitrogens with zero attached hydrogens (tertiary/aromatic N) is 1. The second-order valence-corrected chi connectivity index (χ2v) is 7.73. The van der Waals surface area contributed by atoms with Crippen molar-refractivity contribution in [3.05, 3.63) is 87.9 Å². The van der Waals surface area contributed by atoms with Gasteiger partial charge in [0.2, 0.25) is 5.91 Å². The van der Waals surface area contributed by atoms with Crippen LogP contribution >= 0.6 is 23.2 Å². The third-order valence-corrected chi connectivity index (χ3v) is 5.49. The van der Waals surface area contributed by atoms with Crippen LogP contribution in [0.3, 0.4) is 0 Å². The number of pyridine rings is 1. The number of hydrogen-bond acceptors (Lipinski definition) is 3. The number of aromatic nitrogens is 1. The zero-order valence-electron chi connectivity index (χ0n) is 15.7. The molecule has 0 saturated carbocycles. The van der Waals surface area contributed by atoms with Crippen molar-refractivity contribution in [1.82, 2.24) is 10.3 Å². The quantitative estimate of drug-likeness (QED) is 0.450. The smallest absolute Gasteiger partial charge is 0.253 e. The molecule has 0 bridgehead atoms. The Labute approximate surface area is 182 Å². The van der Waals surface area contributed by atoms with Gasteiger partial charge in [-0.05, 0) is 29.8 Å². The molecular formula is C23H17Cl2N3O2. The molecule has 1 aromatic heterocycles. The predicted molar refractivity (Wildman–Crippen MR) is 120 cm³/mol. The predicted octanol–water partition coefficient (Wildman–Crippen LogP) is 4.52. The molecule has 1 atom stereocenters. The van der Waals surface area contributed by atoms with Gasteiger partial charge in [0.1, 0.15) is 6.04 Å². The van der Waals surface area contributed by atoms with Crippen LogP contribution in [-0.2, 0) is 11.2 Å². The van der Waals surface area contributed by atoms with E-state index in [1.165, 1.54) is 0 Å². The van der Waals surface area contributed by atoms with E-state index >= 15 is 0 Å². The first-order chi connectivity index (χ1) is 14.4. The number of halogens is 2. The Bertz CT molecular complexity index is 1240. The third-order valence-electron chi connectivity index (χ3n) is 4.90. The van der Waals surface area contributed by atoms with E-state index in [-0.39, 0.29) is 6.42 Å². The number of benzene rings is 3. The van der Waals surface area contributed by atoms with Crippen molar-refractivity contribution in [2.24, 2.45) is 5.73 Å². The number of fused-ring (bicyclic) bond motifs is 2. The number of primary amides is 1. The highest BCUT2D eigenvalue weighted by molar-refractivity contribution is 6.35. The Morgan fingerprint density at radius 1 is 0.933 bits per heavy atom. The number of nitrogens with one attached hydrogen (secondary N) is 1. The van der Waals surface area contributed by atoms with Crippen LogP contribution in [0.1, 0.15) is 15.9 Å². The van der Waals surface area contributed by atoms with Crippen LogP contribution in [0.2, 0.25) is 10.0 Å². The maximum Gasteiger partial charge on any atom is 0.253 e. The van der Waals surface area contributed by atoms with Gasteiger partial charge in [-0.15, -0.1) is 0 Å². The van der Waals surface area contributed by atoms with Crippen molar-refractivity contribution in [3.8, 4) is 0 Å². The number of para-hydroxylation sites is 2. The molecule has 2 amide bonds. The van der Waals surface area contributed by atoms with Crippen molar-refractivity contribution >= 4 is 56.8 Å². The molecule has 0 unspecified atom stereocenters. The van der Waals surface area contributed by atoms with Crippen LogP contribution in [0.4, 0.5) is 0 Å². The summed E-state index contributed by atoms with van der Waals surface area (Å²) in [6, 6.07) is 18.8. The minimum Gasteiger partial charge on any atom is -0.368 e. The minimum atomic E-state index is -0.943. The van der Waals surface area contributed by atoms with E-state index in [0.29, 0.717) is 43.0 Å². The van der Waals surface area contributed by atoms with E-state index in [0.717, 1.165) is 0 Å². The lowest BCUT2D eigenvalue weighted by Gasteiger charge is -2.18. The number of hydrogen-bond donors (Lipinski definition) is 2. The summed E-state index contributed by atoms with van der Waals surface area (Å²) in [6.07, 6.45) is 0.151. The lowest BCUT2D eigenvalue weighted by molar-refractivity contribution is -0.119. The fourth-order valence-electron chi connectivity index (χ4n) is 3.44. The summed E-state index contributed by atoms with van der Waals surface area (Å²) in [5.74, 6) is -1.06. The van der Waals surface area contributed by atoms with Gasteiger partial charge in [-0.1, -0.05) is 65.7 Å². The molecule has 0 aliphatic rings. The zero-order valence-corrected chi connectivity index (χ0v) is 17.2. The van der Waals surface area contributed by atoms with Crippen LogP contribution in [0.5, 0.6) is 0 Å². The van der Waals surface area contributed by atoms with Crippen molar-refractivity contribution in [1.29, 1.82) is 0 Å². The van der Waals surface area contributed by atoms with E-state index in [2.05, 4.69) is 10.3 Å². The van der Waals surface area contributed by atoms with Crippen LogP contribution in [0, 0.1) is 0 Å². The van der Waals surface area contributed by atoms with Crippen LogP contribution in [0.15, 0.2) is 66.7 Å². The van der Waals surface area contributed by atoms with Crippen LogP contribution < -0.4 is 11.1 Å². The standard InChI is InChI=1S/C23H17Cl2N3O2/c24-14-10-9-13(17(25)12-14)11-20(22(26)29)28-23(30)21-15-5-1-3-7-18(15)27-19-8-4-2-6-16(19)21/h1-10,12,20H,11H2,(H2,26,29)(H,28,30)/t20-/m0/s1. The van der Waals surface area contributed by atoms with Crippen LogP contribution in [0.25, 0.3) is 21.8 Å². The molecule has 0 fully saturated rings. The summed E-state index contributed by atoms with van der Waals surface area (Å²) in [5.41, 5.74) is 8.08. The first kappa shape index (κ1) is 20.1. The maximum atomic E-state index is 13.3. The van der Waals surface area contributed by atoms with Crippen molar-refractivity contribution in [2.75, 3.05) is 0 Å². The molecule has 0 aliphatic heterocycles.